The van der Waals surface area contributed by atoms with E-state index in [2.05, 4.69) is 0 Å². The maximum absolute atomic E-state index is 13.4. The number of rotatable bonds is 4. The van der Waals surface area contributed by atoms with Crippen molar-refractivity contribution in [1.82, 2.24) is 9.80 Å². The van der Waals surface area contributed by atoms with Gasteiger partial charge in [-0.1, -0.05) is 36.8 Å². The van der Waals surface area contributed by atoms with Gasteiger partial charge < -0.3 is 19.6 Å². The van der Waals surface area contributed by atoms with Gasteiger partial charge in [-0.25, -0.2) is 0 Å². The Morgan fingerprint density at radius 3 is 2.71 bits per heavy atom. The molecule has 28 heavy (non-hydrogen) atoms. The van der Waals surface area contributed by atoms with Gasteiger partial charge in [0.15, 0.2) is 0 Å². The number of nitrogens with zero attached hydrogens (tertiary/aromatic N) is 2. The topological polar surface area (TPSA) is 87.2 Å². The Morgan fingerprint density at radius 2 is 2.04 bits per heavy atom. The van der Waals surface area contributed by atoms with Gasteiger partial charge in [-0.3, -0.25) is 14.4 Å². The van der Waals surface area contributed by atoms with Gasteiger partial charge in [-0.2, -0.15) is 0 Å². The Kier molecular flexibility index (Phi) is 4.87. The summed E-state index contributed by atoms with van der Waals surface area (Å²) in [6.07, 6.45) is 1.90. The molecule has 0 bridgehead atoms. The first kappa shape index (κ1) is 18.9. The van der Waals surface area contributed by atoms with Crippen molar-refractivity contribution in [1.29, 1.82) is 0 Å². The summed E-state index contributed by atoms with van der Waals surface area (Å²) in [6.45, 7) is 2.77. The maximum atomic E-state index is 13.4. The van der Waals surface area contributed by atoms with Crippen LogP contribution in [-0.4, -0.2) is 64.5 Å². The summed E-state index contributed by atoms with van der Waals surface area (Å²) in [5.41, 5.74) is 0.117. The molecule has 7 heteroatoms. The molecule has 150 valence electrons. The number of benzene rings is 1. The highest BCUT2D eigenvalue weighted by Crippen LogP contribution is 2.49. The molecule has 3 aliphatic rings. The fourth-order valence-corrected chi connectivity index (χ4v) is 5.08. The van der Waals surface area contributed by atoms with Crippen molar-refractivity contribution in [2.45, 2.75) is 44.9 Å². The molecular formula is C21H26N2O5. The predicted molar refractivity (Wildman–Crippen MR) is 100 cm³/mol. The van der Waals surface area contributed by atoms with Gasteiger partial charge in [0.2, 0.25) is 11.8 Å². The Labute approximate surface area is 164 Å². The van der Waals surface area contributed by atoms with E-state index in [0.29, 0.717) is 19.5 Å². The minimum atomic E-state index is -0.831. The number of hydrogen-bond donors (Lipinski definition) is 1. The van der Waals surface area contributed by atoms with Gasteiger partial charge >= 0.3 is 5.97 Å². The van der Waals surface area contributed by atoms with E-state index in [4.69, 9.17) is 4.74 Å². The van der Waals surface area contributed by atoms with Crippen LogP contribution in [0.25, 0.3) is 0 Å². The molecule has 0 radical (unpaired) electrons. The third-order valence-electron chi connectivity index (χ3n) is 6.63. The molecule has 1 aromatic rings. The van der Waals surface area contributed by atoms with Crippen molar-refractivity contribution >= 4 is 17.8 Å². The average molecular weight is 386 g/mol. The van der Waals surface area contributed by atoms with E-state index in [1.54, 1.807) is 16.7 Å². The van der Waals surface area contributed by atoms with Crippen LogP contribution in [0.15, 0.2) is 30.3 Å². The Hall–Kier alpha value is -2.41. The summed E-state index contributed by atoms with van der Waals surface area (Å²) < 4.78 is 5.56. The number of hydrogen-bond acceptors (Lipinski definition) is 4. The number of morpholine rings is 1. The second-order valence-electron chi connectivity index (χ2n) is 8.24. The number of carboxylic acids is 1. The molecule has 4 rings (SSSR count). The van der Waals surface area contributed by atoms with E-state index in [9.17, 15) is 19.5 Å². The van der Waals surface area contributed by atoms with E-state index >= 15 is 0 Å². The van der Waals surface area contributed by atoms with Gasteiger partial charge in [0.25, 0.3) is 0 Å². The lowest BCUT2D eigenvalue weighted by atomic mass is 9.81. The zero-order valence-corrected chi connectivity index (χ0v) is 16.0. The molecule has 2 heterocycles. The molecule has 0 spiro atoms. The van der Waals surface area contributed by atoms with Crippen LogP contribution in [0.5, 0.6) is 0 Å². The van der Waals surface area contributed by atoms with E-state index in [-0.39, 0.29) is 30.9 Å². The summed E-state index contributed by atoms with van der Waals surface area (Å²) in [5.74, 6) is -1.23. The molecule has 3 fully saturated rings. The number of aliphatic carboxylic acids is 1. The van der Waals surface area contributed by atoms with Crippen molar-refractivity contribution in [2.75, 3.05) is 19.7 Å². The minimum absolute atomic E-state index is 0.00737. The van der Waals surface area contributed by atoms with Gasteiger partial charge in [0.1, 0.15) is 12.6 Å². The SMILES string of the molecule is C[C@H]1OCC(=O)N(Cc2ccccc2)[C@@H]1C(=O)N1C[C@@H]2CCC[C@@]2(C(=O)O)C1. The molecule has 1 N–H and O–H groups in total. The van der Waals surface area contributed by atoms with Crippen LogP contribution < -0.4 is 0 Å². The van der Waals surface area contributed by atoms with Crippen molar-refractivity contribution in [3.05, 3.63) is 35.9 Å². The van der Waals surface area contributed by atoms with Crippen molar-refractivity contribution < 1.29 is 24.2 Å². The molecule has 2 aliphatic heterocycles. The van der Waals surface area contributed by atoms with Gasteiger partial charge in [0, 0.05) is 19.6 Å². The summed E-state index contributed by atoms with van der Waals surface area (Å²) >= 11 is 0. The number of carbonyl (C=O) groups excluding carboxylic acids is 2. The first-order chi connectivity index (χ1) is 13.4. The van der Waals surface area contributed by atoms with Crippen LogP contribution in [0.2, 0.25) is 0 Å². The van der Waals surface area contributed by atoms with E-state index in [0.717, 1.165) is 18.4 Å². The Morgan fingerprint density at radius 1 is 1.29 bits per heavy atom. The second-order valence-corrected chi connectivity index (χ2v) is 8.24. The molecule has 1 aromatic carbocycles. The summed E-state index contributed by atoms with van der Waals surface area (Å²) in [5, 5.41) is 9.80. The van der Waals surface area contributed by atoms with Gasteiger partial charge in [0.05, 0.1) is 11.5 Å². The van der Waals surface area contributed by atoms with Crippen molar-refractivity contribution in [3.63, 3.8) is 0 Å². The normalized spacial score (nSPS) is 32.5. The molecule has 1 saturated carbocycles. The quantitative estimate of drug-likeness (QED) is 0.848. The summed E-state index contributed by atoms with van der Waals surface area (Å²) in [4.78, 5) is 41.2. The number of amides is 2. The number of carboxylic acid groups (broad SMARTS) is 1. The van der Waals surface area contributed by atoms with Crippen LogP contribution in [0, 0.1) is 11.3 Å². The van der Waals surface area contributed by atoms with Crippen LogP contribution >= 0.6 is 0 Å². The highest BCUT2D eigenvalue weighted by Gasteiger charge is 2.57. The molecular weight excluding hydrogens is 360 g/mol. The molecule has 2 saturated heterocycles. The van der Waals surface area contributed by atoms with E-state index in [1.165, 1.54) is 0 Å². The molecule has 7 nitrogen and oxygen atoms in total. The Bertz CT molecular complexity index is 782. The zero-order valence-electron chi connectivity index (χ0n) is 16.0. The number of carbonyl (C=O) groups is 3. The molecule has 1 aliphatic carbocycles. The van der Waals surface area contributed by atoms with Crippen molar-refractivity contribution in [3.8, 4) is 0 Å². The number of likely N-dealkylation sites (tertiary alicyclic amines) is 1. The molecule has 4 atom stereocenters. The van der Waals surface area contributed by atoms with Crippen LogP contribution in [0.3, 0.4) is 0 Å². The molecule has 2 amide bonds. The predicted octanol–water partition coefficient (Wildman–Crippen LogP) is 1.52. The third-order valence-corrected chi connectivity index (χ3v) is 6.63. The largest absolute Gasteiger partial charge is 0.481 e. The van der Waals surface area contributed by atoms with Gasteiger partial charge in [-0.05, 0) is 31.2 Å². The highest BCUT2D eigenvalue weighted by atomic mass is 16.5. The average Bonchev–Trinajstić information content (AvgIpc) is 3.24. The minimum Gasteiger partial charge on any atom is -0.481 e. The van der Waals surface area contributed by atoms with Crippen LogP contribution in [-0.2, 0) is 25.7 Å². The number of ether oxygens (including phenoxy) is 1. The fraction of sp³-hybridized carbons (Fsp3) is 0.571. The lowest BCUT2D eigenvalue weighted by Crippen LogP contribution is -2.60. The highest BCUT2D eigenvalue weighted by molar-refractivity contribution is 5.90. The summed E-state index contributed by atoms with van der Waals surface area (Å²) in [6, 6.07) is 8.83. The van der Waals surface area contributed by atoms with E-state index in [1.807, 2.05) is 30.3 Å². The third kappa shape index (κ3) is 3.07. The van der Waals surface area contributed by atoms with Gasteiger partial charge in [-0.15, -0.1) is 0 Å². The van der Waals surface area contributed by atoms with E-state index < -0.39 is 23.5 Å². The first-order valence-corrected chi connectivity index (χ1v) is 9.89. The maximum Gasteiger partial charge on any atom is 0.311 e. The standard InChI is InChI=1S/C21H26N2O5/c1-14-18(23(17(24)12-28-14)10-15-6-3-2-4-7-15)19(25)22-11-16-8-5-9-21(16,13-22)20(26)27/h2-4,6-7,14,16,18H,5,8-13H2,1H3,(H,26,27)/t14-,16+,18+,21-/m1/s1. The Balaban J connectivity index is 1.57. The fourth-order valence-electron chi connectivity index (χ4n) is 5.08. The lowest BCUT2D eigenvalue weighted by molar-refractivity contribution is -0.167. The monoisotopic (exact) mass is 386 g/mol. The van der Waals surface area contributed by atoms with Crippen LogP contribution in [0.4, 0.5) is 0 Å². The number of fused-ring (bicyclic) bond motifs is 1. The summed E-state index contributed by atoms with van der Waals surface area (Å²) in [7, 11) is 0. The molecule has 0 aromatic heterocycles. The lowest BCUT2D eigenvalue weighted by Gasteiger charge is -2.40. The first-order valence-electron chi connectivity index (χ1n) is 9.89. The zero-order chi connectivity index (χ0) is 19.9. The van der Waals surface area contributed by atoms with Crippen LogP contribution in [0.1, 0.15) is 31.7 Å². The second kappa shape index (κ2) is 7.20. The van der Waals surface area contributed by atoms with Crippen molar-refractivity contribution in [2.24, 2.45) is 11.3 Å². The molecule has 0 unspecified atom stereocenters. The smallest absolute Gasteiger partial charge is 0.311 e.